The number of rotatable bonds is 13. The average Bonchev–Trinajstić information content (AvgIpc) is 3.10. The first-order valence-corrected chi connectivity index (χ1v) is 9.80. The summed E-state index contributed by atoms with van der Waals surface area (Å²) in [6.07, 6.45) is -0.320. The number of nitrogens with zero attached hydrogens (tertiary/aromatic N) is 1. The molecule has 1 rings (SSSR count). The van der Waals surface area contributed by atoms with Crippen LogP contribution < -0.4 is 0 Å². The van der Waals surface area contributed by atoms with Gasteiger partial charge in [-0.3, -0.25) is 14.9 Å². The van der Waals surface area contributed by atoms with Crippen LogP contribution in [0.4, 0.5) is 0 Å². The highest BCUT2D eigenvalue weighted by Crippen LogP contribution is 2.32. The fourth-order valence-electron chi connectivity index (χ4n) is 3.27. The number of nitrogens with one attached hydrogen (secondary N) is 1. The molecule has 1 unspecified atom stereocenters. The molecule has 0 bridgehead atoms. The molecule has 0 radical (unpaired) electrons. The molecule has 0 aliphatic rings. The standard InChI is InChI=1S/C20H30N2O9/c1-7-30-17(24)12-11-21-13(16(12)18(25)31-8-2)9-15(22(26)27)20(3,4)10-14(23)19(28-5)29-6/h11,15,19,21H,7-10H2,1-6H3. The monoisotopic (exact) mass is 442 g/mol. The van der Waals surface area contributed by atoms with Gasteiger partial charge in [-0.05, 0) is 13.8 Å². The van der Waals surface area contributed by atoms with Crippen molar-refractivity contribution in [2.75, 3.05) is 27.4 Å². The van der Waals surface area contributed by atoms with Gasteiger partial charge in [0.25, 0.3) is 0 Å². The first-order chi connectivity index (χ1) is 14.5. The minimum absolute atomic E-state index is 0.0554. The van der Waals surface area contributed by atoms with Gasteiger partial charge in [0.1, 0.15) is 0 Å². The number of carbonyl (C=O) groups is 3. The smallest absolute Gasteiger partial charge is 0.340 e. The summed E-state index contributed by atoms with van der Waals surface area (Å²) < 4.78 is 19.9. The van der Waals surface area contributed by atoms with Crippen LogP contribution in [0.25, 0.3) is 0 Å². The Balaban J connectivity index is 3.31. The number of aromatic amines is 1. The van der Waals surface area contributed by atoms with E-state index in [0.717, 1.165) is 0 Å². The van der Waals surface area contributed by atoms with Crippen LogP contribution in [0, 0.1) is 15.5 Å². The maximum atomic E-state index is 12.5. The number of H-pyrrole nitrogens is 1. The van der Waals surface area contributed by atoms with Crippen LogP contribution in [0.2, 0.25) is 0 Å². The molecule has 0 aliphatic carbocycles. The maximum Gasteiger partial charge on any atom is 0.340 e. The van der Waals surface area contributed by atoms with Gasteiger partial charge in [0, 0.05) is 42.9 Å². The molecule has 1 atom stereocenters. The summed E-state index contributed by atoms with van der Waals surface area (Å²) in [4.78, 5) is 51.3. The van der Waals surface area contributed by atoms with E-state index >= 15 is 0 Å². The Morgan fingerprint density at radius 3 is 2.13 bits per heavy atom. The lowest BCUT2D eigenvalue weighted by Gasteiger charge is -2.28. The van der Waals surface area contributed by atoms with Crippen molar-refractivity contribution in [3.05, 3.63) is 33.1 Å². The summed E-state index contributed by atoms with van der Waals surface area (Å²) in [6, 6.07) is -1.27. The Hall–Kier alpha value is -2.79. The van der Waals surface area contributed by atoms with E-state index < -0.39 is 40.4 Å². The molecular formula is C20H30N2O9. The van der Waals surface area contributed by atoms with Crippen LogP contribution in [0.1, 0.15) is 60.5 Å². The average molecular weight is 442 g/mol. The van der Waals surface area contributed by atoms with Gasteiger partial charge in [-0.2, -0.15) is 0 Å². The SMILES string of the molecule is CCOC(=O)c1c[nH]c(CC([N+](=O)[O-])C(C)(C)CC(=O)C(OC)OC)c1C(=O)OCC. The highest BCUT2D eigenvalue weighted by molar-refractivity contribution is 6.04. The van der Waals surface area contributed by atoms with Crippen LogP contribution in [0.15, 0.2) is 6.20 Å². The van der Waals surface area contributed by atoms with Crippen molar-refractivity contribution in [2.45, 2.75) is 52.9 Å². The Morgan fingerprint density at radius 1 is 1.10 bits per heavy atom. The number of hydrogen-bond acceptors (Lipinski definition) is 9. The predicted molar refractivity (Wildman–Crippen MR) is 108 cm³/mol. The van der Waals surface area contributed by atoms with Crippen molar-refractivity contribution in [1.29, 1.82) is 0 Å². The molecule has 0 fully saturated rings. The zero-order chi connectivity index (χ0) is 23.8. The summed E-state index contributed by atoms with van der Waals surface area (Å²) >= 11 is 0. The molecule has 174 valence electrons. The fourth-order valence-corrected chi connectivity index (χ4v) is 3.27. The van der Waals surface area contributed by atoms with Crippen LogP contribution in [-0.4, -0.2) is 67.4 Å². The van der Waals surface area contributed by atoms with Gasteiger partial charge in [-0.15, -0.1) is 0 Å². The molecular weight excluding hydrogens is 412 g/mol. The summed E-state index contributed by atoms with van der Waals surface area (Å²) in [5.41, 5.74) is -1.15. The third-order valence-electron chi connectivity index (χ3n) is 4.81. The molecule has 1 aromatic heterocycles. The third kappa shape index (κ3) is 6.59. The Labute approximate surface area is 180 Å². The maximum absolute atomic E-state index is 12.5. The van der Waals surface area contributed by atoms with Crippen LogP contribution >= 0.6 is 0 Å². The van der Waals surface area contributed by atoms with Gasteiger partial charge < -0.3 is 23.9 Å². The molecule has 0 saturated carbocycles. The second-order valence-corrected chi connectivity index (χ2v) is 7.44. The van der Waals surface area contributed by atoms with Crippen LogP contribution in [0.3, 0.4) is 0 Å². The van der Waals surface area contributed by atoms with Gasteiger partial charge in [-0.25, -0.2) is 9.59 Å². The number of nitro groups is 1. The molecule has 0 aromatic carbocycles. The Kier molecular flexibility index (Phi) is 9.79. The topological polar surface area (TPSA) is 147 Å². The lowest BCUT2D eigenvalue weighted by Crippen LogP contribution is -2.42. The van der Waals surface area contributed by atoms with Crippen LogP contribution in [0.5, 0.6) is 0 Å². The van der Waals surface area contributed by atoms with E-state index in [4.69, 9.17) is 18.9 Å². The van der Waals surface area contributed by atoms with Crippen molar-refractivity contribution < 1.29 is 38.3 Å². The van der Waals surface area contributed by atoms with Crippen molar-refractivity contribution in [3.63, 3.8) is 0 Å². The molecule has 1 aromatic rings. The minimum Gasteiger partial charge on any atom is -0.462 e. The summed E-state index contributed by atoms with van der Waals surface area (Å²) in [6.45, 7) is 6.50. The Bertz CT molecular complexity index is 797. The second kappa shape index (κ2) is 11.6. The van der Waals surface area contributed by atoms with Crippen molar-refractivity contribution in [2.24, 2.45) is 5.41 Å². The summed E-state index contributed by atoms with van der Waals surface area (Å²) in [5, 5.41) is 11.9. The van der Waals surface area contributed by atoms with Gasteiger partial charge in [0.15, 0.2) is 5.78 Å². The van der Waals surface area contributed by atoms with E-state index in [2.05, 4.69) is 4.98 Å². The highest BCUT2D eigenvalue weighted by Gasteiger charge is 2.43. The molecule has 0 amide bonds. The Morgan fingerprint density at radius 2 is 1.65 bits per heavy atom. The van der Waals surface area contributed by atoms with Gasteiger partial charge in [-0.1, -0.05) is 13.8 Å². The lowest BCUT2D eigenvalue weighted by molar-refractivity contribution is -0.540. The summed E-state index contributed by atoms with van der Waals surface area (Å²) in [5.74, 6) is -1.99. The van der Waals surface area contributed by atoms with Crippen molar-refractivity contribution >= 4 is 17.7 Å². The van der Waals surface area contributed by atoms with Gasteiger partial charge >= 0.3 is 11.9 Å². The minimum atomic E-state index is -1.27. The van der Waals surface area contributed by atoms with E-state index in [1.165, 1.54) is 20.4 Å². The van der Waals surface area contributed by atoms with Crippen molar-refractivity contribution in [1.82, 2.24) is 4.98 Å². The second-order valence-electron chi connectivity index (χ2n) is 7.44. The van der Waals surface area contributed by atoms with Crippen molar-refractivity contribution in [3.8, 4) is 0 Å². The van der Waals surface area contributed by atoms with Crippen LogP contribution in [-0.2, 0) is 30.2 Å². The molecule has 1 heterocycles. The van der Waals surface area contributed by atoms with E-state index in [1.807, 2.05) is 0 Å². The van der Waals surface area contributed by atoms with E-state index in [-0.39, 0.29) is 42.9 Å². The first-order valence-electron chi connectivity index (χ1n) is 9.80. The largest absolute Gasteiger partial charge is 0.462 e. The predicted octanol–water partition coefficient (Wildman–Crippen LogP) is 2.16. The number of methoxy groups -OCH3 is 2. The highest BCUT2D eigenvalue weighted by atomic mass is 16.7. The number of ketones is 1. The van der Waals surface area contributed by atoms with E-state index in [0.29, 0.717) is 0 Å². The first kappa shape index (κ1) is 26.2. The lowest BCUT2D eigenvalue weighted by atomic mass is 9.77. The van der Waals surface area contributed by atoms with E-state index in [9.17, 15) is 24.5 Å². The number of carbonyl (C=O) groups excluding carboxylic acids is 3. The molecule has 31 heavy (non-hydrogen) atoms. The molecule has 11 nitrogen and oxygen atoms in total. The molecule has 11 heteroatoms. The normalized spacial score (nSPS) is 12.5. The summed E-state index contributed by atoms with van der Waals surface area (Å²) in [7, 11) is 2.59. The quantitative estimate of drug-likeness (QED) is 0.210. The molecule has 0 saturated heterocycles. The number of hydrogen-bond donors (Lipinski definition) is 1. The number of Topliss-reactive ketones (excluding diaryl/α,β-unsaturated/α-hetero) is 1. The van der Waals surface area contributed by atoms with E-state index in [1.54, 1.807) is 27.7 Å². The molecule has 0 spiro atoms. The molecule has 0 aliphatic heterocycles. The molecule has 1 N–H and O–H groups in total. The van der Waals surface area contributed by atoms with Gasteiger partial charge in [0.2, 0.25) is 12.3 Å². The fraction of sp³-hybridized carbons (Fsp3) is 0.650. The zero-order valence-electron chi connectivity index (χ0n) is 18.7. The third-order valence-corrected chi connectivity index (χ3v) is 4.81. The zero-order valence-corrected chi connectivity index (χ0v) is 18.7. The number of ether oxygens (including phenoxy) is 4. The number of aromatic nitrogens is 1. The number of esters is 2. The van der Waals surface area contributed by atoms with Gasteiger partial charge in [0.05, 0.1) is 30.8 Å².